The summed E-state index contributed by atoms with van der Waals surface area (Å²) in [5.74, 6) is 0.487. The smallest absolute Gasteiger partial charge is 0.225 e. The van der Waals surface area contributed by atoms with Crippen molar-refractivity contribution in [3.8, 4) is 5.75 Å². The van der Waals surface area contributed by atoms with E-state index in [0.717, 1.165) is 26.5 Å². The number of carbonyl (C=O) groups is 2. The minimum Gasteiger partial charge on any atom is -0.497 e. The molecule has 7 heteroatoms. The van der Waals surface area contributed by atoms with Gasteiger partial charge in [-0.3, -0.25) is 9.59 Å². The number of fused-ring (bicyclic) bond motifs is 1. The molecular formula is C21H23N3O3S. The van der Waals surface area contributed by atoms with E-state index in [0.29, 0.717) is 6.54 Å². The van der Waals surface area contributed by atoms with Gasteiger partial charge in [0, 0.05) is 14.0 Å². The predicted octanol–water partition coefficient (Wildman–Crippen LogP) is 3.53. The third-order valence-corrected chi connectivity index (χ3v) is 5.43. The standard InChI is InChI=1S/C21H23N3O3S/c1-14(25)22-18(15-8-10-16(27-3)11-9-15)12-21(26)24(2)13-20-23-17-6-4-5-7-19(17)28-20/h4-11,18H,12-13H2,1-3H3,(H,22,25). The maximum absolute atomic E-state index is 12.8. The zero-order chi connectivity index (χ0) is 20.1. The van der Waals surface area contributed by atoms with E-state index in [1.54, 1.807) is 30.4 Å². The van der Waals surface area contributed by atoms with E-state index >= 15 is 0 Å². The summed E-state index contributed by atoms with van der Waals surface area (Å²) in [7, 11) is 3.36. The van der Waals surface area contributed by atoms with Gasteiger partial charge in [0.25, 0.3) is 0 Å². The fraction of sp³-hybridized carbons (Fsp3) is 0.286. The number of para-hydroxylation sites is 1. The lowest BCUT2D eigenvalue weighted by Gasteiger charge is -2.22. The summed E-state index contributed by atoms with van der Waals surface area (Å²) in [6, 6.07) is 14.9. The van der Waals surface area contributed by atoms with Gasteiger partial charge in [0.1, 0.15) is 10.8 Å². The first-order valence-corrected chi connectivity index (χ1v) is 9.77. The van der Waals surface area contributed by atoms with Crippen LogP contribution in [0.2, 0.25) is 0 Å². The Bertz CT molecular complexity index is 935. The Hall–Kier alpha value is -2.93. The molecule has 2 amide bonds. The van der Waals surface area contributed by atoms with Crippen LogP contribution in [0.15, 0.2) is 48.5 Å². The molecule has 0 aliphatic carbocycles. The second-order valence-corrected chi connectivity index (χ2v) is 7.67. The average Bonchev–Trinajstić information content (AvgIpc) is 3.09. The van der Waals surface area contributed by atoms with Crippen molar-refractivity contribution in [1.29, 1.82) is 0 Å². The van der Waals surface area contributed by atoms with Crippen molar-refractivity contribution >= 4 is 33.4 Å². The highest BCUT2D eigenvalue weighted by Crippen LogP contribution is 2.24. The molecule has 1 unspecified atom stereocenters. The summed E-state index contributed by atoms with van der Waals surface area (Å²) in [5.41, 5.74) is 1.80. The molecule has 3 rings (SSSR count). The first kappa shape index (κ1) is 19.8. The number of methoxy groups -OCH3 is 1. The van der Waals surface area contributed by atoms with E-state index in [1.807, 2.05) is 48.5 Å². The molecule has 0 aliphatic heterocycles. The number of amides is 2. The first-order chi connectivity index (χ1) is 13.5. The quantitative estimate of drug-likeness (QED) is 0.662. The summed E-state index contributed by atoms with van der Waals surface area (Å²) >= 11 is 1.58. The zero-order valence-electron chi connectivity index (χ0n) is 16.1. The number of hydrogen-bond donors (Lipinski definition) is 1. The van der Waals surface area contributed by atoms with Crippen LogP contribution in [0, 0.1) is 0 Å². The minimum atomic E-state index is -0.395. The third kappa shape index (κ3) is 4.86. The lowest BCUT2D eigenvalue weighted by Crippen LogP contribution is -2.33. The Morgan fingerprint density at radius 2 is 1.89 bits per heavy atom. The molecule has 0 radical (unpaired) electrons. The topological polar surface area (TPSA) is 71.5 Å². The summed E-state index contributed by atoms with van der Waals surface area (Å²) in [4.78, 5) is 30.6. The zero-order valence-corrected chi connectivity index (χ0v) is 17.0. The van der Waals surface area contributed by atoms with Crippen LogP contribution in [-0.2, 0) is 16.1 Å². The highest BCUT2D eigenvalue weighted by atomic mass is 32.1. The Morgan fingerprint density at radius 1 is 1.18 bits per heavy atom. The number of carbonyl (C=O) groups excluding carboxylic acids is 2. The number of hydrogen-bond acceptors (Lipinski definition) is 5. The molecule has 1 atom stereocenters. The van der Waals surface area contributed by atoms with Crippen molar-refractivity contribution in [2.75, 3.05) is 14.2 Å². The van der Waals surface area contributed by atoms with Crippen LogP contribution in [0.1, 0.15) is 30.0 Å². The van der Waals surface area contributed by atoms with Crippen LogP contribution in [0.5, 0.6) is 5.75 Å². The lowest BCUT2D eigenvalue weighted by atomic mass is 10.0. The molecule has 0 fully saturated rings. The molecule has 146 valence electrons. The first-order valence-electron chi connectivity index (χ1n) is 8.95. The average molecular weight is 398 g/mol. The molecule has 0 bridgehead atoms. The number of aromatic nitrogens is 1. The SMILES string of the molecule is COc1ccc(C(CC(=O)N(C)Cc2nc3ccccc3s2)NC(C)=O)cc1. The number of nitrogens with one attached hydrogen (secondary N) is 1. The fourth-order valence-corrected chi connectivity index (χ4v) is 3.96. The molecule has 0 spiro atoms. The van der Waals surface area contributed by atoms with Gasteiger partial charge >= 0.3 is 0 Å². The lowest BCUT2D eigenvalue weighted by molar-refractivity contribution is -0.131. The third-order valence-electron chi connectivity index (χ3n) is 4.41. The monoisotopic (exact) mass is 397 g/mol. The Labute approximate surface area is 168 Å². The maximum Gasteiger partial charge on any atom is 0.225 e. The minimum absolute atomic E-state index is 0.0613. The molecule has 2 aromatic carbocycles. The van der Waals surface area contributed by atoms with E-state index < -0.39 is 6.04 Å². The number of benzene rings is 2. The molecule has 6 nitrogen and oxygen atoms in total. The highest BCUT2D eigenvalue weighted by molar-refractivity contribution is 7.18. The van der Waals surface area contributed by atoms with E-state index in [-0.39, 0.29) is 18.2 Å². The van der Waals surface area contributed by atoms with E-state index in [9.17, 15) is 9.59 Å². The Balaban J connectivity index is 1.69. The molecule has 1 heterocycles. The molecular weight excluding hydrogens is 374 g/mol. The van der Waals surface area contributed by atoms with Crippen LogP contribution in [0.4, 0.5) is 0 Å². The van der Waals surface area contributed by atoms with Crippen LogP contribution in [0.25, 0.3) is 10.2 Å². The molecule has 28 heavy (non-hydrogen) atoms. The van der Waals surface area contributed by atoms with Crippen molar-refractivity contribution in [3.05, 3.63) is 59.1 Å². The molecule has 1 N–H and O–H groups in total. The number of thiazole rings is 1. The van der Waals surface area contributed by atoms with Gasteiger partial charge in [0.15, 0.2) is 0 Å². The van der Waals surface area contributed by atoms with Gasteiger partial charge in [-0.25, -0.2) is 4.98 Å². The van der Waals surface area contributed by atoms with Gasteiger partial charge in [-0.1, -0.05) is 24.3 Å². The summed E-state index contributed by atoms with van der Waals surface area (Å²) in [5, 5.41) is 3.75. The normalized spacial score (nSPS) is 11.8. The van der Waals surface area contributed by atoms with Crippen molar-refractivity contribution in [2.24, 2.45) is 0 Å². The molecule has 0 aliphatic rings. The van der Waals surface area contributed by atoms with E-state index in [2.05, 4.69) is 10.3 Å². The molecule has 1 aromatic heterocycles. The molecule has 0 saturated heterocycles. The van der Waals surface area contributed by atoms with Gasteiger partial charge < -0.3 is 15.0 Å². The van der Waals surface area contributed by atoms with E-state index in [4.69, 9.17) is 4.74 Å². The second-order valence-electron chi connectivity index (χ2n) is 6.56. The maximum atomic E-state index is 12.8. The van der Waals surface area contributed by atoms with Crippen molar-refractivity contribution < 1.29 is 14.3 Å². The fourth-order valence-electron chi connectivity index (χ4n) is 2.94. The van der Waals surface area contributed by atoms with Crippen LogP contribution < -0.4 is 10.1 Å². The van der Waals surface area contributed by atoms with Gasteiger partial charge in [-0.2, -0.15) is 0 Å². The van der Waals surface area contributed by atoms with Crippen molar-refractivity contribution in [1.82, 2.24) is 15.2 Å². The molecule has 3 aromatic rings. The number of rotatable bonds is 7. The number of ether oxygens (including phenoxy) is 1. The Kier molecular flexibility index (Phi) is 6.26. The second kappa shape index (κ2) is 8.84. The van der Waals surface area contributed by atoms with Crippen molar-refractivity contribution in [3.63, 3.8) is 0 Å². The summed E-state index contributed by atoms with van der Waals surface area (Å²) in [6.45, 7) is 1.89. The molecule has 0 saturated carbocycles. The van der Waals surface area contributed by atoms with Gasteiger partial charge in [0.2, 0.25) is 11.8 Å². The van der Waals surface area contributed by atoms with Gasteiger partial charge in [0.05, 0.1) is 36.3 Å². The van der Waals surface area contributed by atoms with Gasteiger partial charge in [-0.05, 0) is 29.8 Å². The largest absolute Gasteiger partial charge is 0.497 e. The van der Waals surface area contributed by atoms with Crippen LogP contribution in [-0.4, -0.2) is 35.9 Å². The Morgan fingerprint density at radius 3 is 2.54 bits per heavy atom. The van der Waals surface area contributed by atoms with Crippen LogP contribution in [0.3, 0.4) is 0 Å². The summed E-state index contributed by atoms with van der Waals surface area (Å²) in [6.07, 6.45) is 0.174. The van der Waals surface area contributed by atoms with Crippen LogP contribution >= 0.6 is 11.3 Å². The van der Waals surface area contributed by atoms with E-state index in [1.165, 1.54) is 6.92 Å². The highest BCUT2D eigenvalue weighted by Gasteiger charge is 2.20. The summed E-state index contributed by atoms with van der Waals surface area (Å²) < 4.78 is 6.28. The van der Waals surface area contributed by atoms with Crippen molar-refractivity contribution in [2.45, 2.75) is 25.9 Å². The predicted molar refractivity (Wildman–Crippen MR) is 110 cm³/mol. The number of nitrogens with zero attached hydrogens (tertiary/aromatic N) is 2. The van der Waals surface area contributed by atoms with Gasteiger partial charge in [-0.15, -0.1) is 11.3 Å².